The van der Waals surface area contributed by atoms with E-state index in [2.05, 4.69) is 6.07 Å². The highest BCUT2D eigenvalue weighted by atomic mass is 16.8. The number of aliphatic hydroxyl groups is 1. The van der Waals surface area contributed by atoms with Crippen LogP contribution in [-0.4, -0.2) is 60.6 Å². The molecule has 0 unspecified atom stereocenters. The lowest BCUT2D eigenvalue weighted by Gasteiger charge is -2.48. The summed E-state index contributed by atoms with van der Waals surface area (Å²) in [7, 11) is 0. The molecule has 3 saturated heterocycles. The van der Waals surface area contributed by atoms with Crippen molar-refractivity contribution in [2.24, 2.45) is 0 Å². The Labute approximate surface area is 194 Å². The van der Waals surface area contributed by atoms with Gasteiger partial charge >= 0.3 is 0 Å². The minimum Gasteiger partial charge on any atom is -0.461 e. The third kappa shape index (κ3) is 4.67. The minimum atomic E-state index is -0.779. The Morgan fingerprint density at radius 1 is 0.909 bits per heavy atom. The molecule has 0 radical (unpaired) electrons. The Balaban J connectivity index is 1.44. The van der Waals surface area contributed by atoms with E-state index in [1.807, 2.05) is 70.2 Å². The van der Waals surface area contributed by atoms with Gasteiger partial charge in [-0.15, -0.1) is 0 Å². The highest BCUT2D eigenvalue weighted by molar-refractivity contribution is 5.71. The maximum Gasteiger partial charge on any atom is 0.229 e. The number of fused-ring (bicyclic) bond motifs is 3. The van der Waals surface area contributed by atoms with E-state index in [9.17, 15) is 5.11 Å². The van der Waals surface area contributed by atoms with Crippen LogP contribution in [0.4, 0.5) is 0 Å². The van der Waals surface area contributed by atoms with Crippen molar-refractivity contribution < 1.29 is 33.5 Å². The first kappa shape index (κ1) is 22.8. The highest BCUT2D eigenvalue weighted by Gasteiger charge is 2.59. The summed E-state index contributed by atoms with van der Waals surface area (Å²) in [6, 6.07) is 16.0. The van der Waals surface area contributed by atoms with Gasteiger partial charge in [-0.25, -0.2) is 0 Å². The van der Waals surface area contributed by atoms with Crippen LogP contribution in [0.2, 0.25) is 0 Å². The lowest BCUT2D eigenvalue weighted by Crippen LogP contribution is -2.64. The Hall–Kier alpha value is -2.00. The fourth-order valence-electron chi connectivity index (χ4n) is 4.79. The van der Waals surface area contributed by atoms with Gasteiger partial charge in [0.05, 0.1) is 6.61 Å². The van der Waals surface area contributed by atoms with E-state index in [4.69, 9.17) is 28.4 Å². The van der Waals surface area contributed by atoms with Crippen molar-refractivity contribution in [1.29, 1.82) is 0 Å². The molecular weight excluding hydrogens is 424 g/mol. The number of rotatable bonds is 5. The average molecular weight is 457 g/mol. The lowest BCUT2D eigenvalue weighted by molar-refractivity contribution is -0.362. The van der Waals surface area contributed by atoms with E-state index in [1.54, 1.807) is 0 Å². The molecule has 3 aliphatic rings. The Morgan fingerprint density at radius 3 is 2.48 bits per heavy atom. The number of aliphatic hydroxyl groups excluding tert-OH is 1. The maximum atomic E-state index is 9.32. The quantitative estimate of drug-likeness (QED) is 0.736. The van der Waals surface area contributed by atoms with Crippen LogP contribution in [0.15, 0.2) is 48.5 Å². The smallest absolute Gasteiger partial charge is 0.229 e. The van der Waals surface area contributed by atoms with Gasteiger partial charge in [-0.3, -0.25) is 0 Å². The molecule has 0 aliphatic carbocycles. The molecule has 33 heavy (non-hydrogen) atoms. The SMILES string of the molecule is CC1(C)O[C@@H]2[C@H](O1)[C@@H](Oc1ccccc1-c1cccc(CCO)c1)O[C@@H]1COC(C)(C)O[C@@H]21. The lowest BCUT2D eigenvalue weighted by atomic mass is 9.97. The normalized spacial score (nSPS) is 32.1. The molecule has 1 N–H and O–H groups in total. The standard InChI is InChI=1S/C26H32O7/c1-25(2)28-15-20-21(31-25)22-23(33-26(3,4)32-22)24(30-20)29-19-11-6-5-10-18(19)17-9-7-8-16(14-17)12-13-27/h5-11,14,20-24,27H,12-13,15H2,1-4H3/t20-,21-,22+,23+,24+/m1/s1. The van der Waals surface area contributed by atoms with Crippen LogP contribution in [0.25, 0.3) is 11.1 Å². The van der Waals surface area contributed by atoms with Crippen LogP contribution in [0.5, 0.6) is 5.75 Å². The molecule has 3 heterocycles. The zero-order valence-corrected chi connectivity index (χ0v) is 19.5. The van der Waals surface area contributed by atoms with Crippen LogP contribution in [-0.2, 0) is 30.1 Å². The van der Waals surface area contributed by atoms with Crippen molar-refractivity contribution in [3.8, 4) is 16.9 Å². The number of ether oxygens (including phenoxy) is 6. The van der Waals surface area contributed by atoms with Crippen molar-refractivity contribution in [1.82, 2.24) is 0 Å². The molecule has 0 saturated carbocycles. The summed E-state index contributed by atoms with van der Waals surface area (Å²) in [6.07, 6.45) is -1.52. The maximum absolute atomic E-state index is 9.32. The van der Waals surface area contributed by atoms with Gasteiger partial charge in [0.2, 0.25) is 6.29 Å². The molecular formula is C26H32O7. The predicted octanol–water partition coefficient (Wildman–Crippen LogP) is 3.66. The molecule has 2 aromatic rings. The molecule has 7 heteroatoms. The molecule has 5 atom stereocenters. The van der Waals surface area contributed by atoms with Crippen molar-refractivity contribution in [2.45, 2.75) is 76.4 Å². The molecule has 7 nitrogen and oxygen atoms in total. The Morgan fingerprint density at radius 2 is 1.67 bits per heavy atom. The predicted molar refractivity (Wildman–Crippen MR) is 121 cm³/mol. The number of benzene rings is 2. The van der Waals surface area contributed by atoms with Crippen LogP contribution in [0.1, 0.15) is 33.3 Å². The second-order valence-electron chi connectivity index (χ2n) is 9.69. The number of hydrogen-bond donors (Lipinski definition) is 1. The van der Waals surface area contributed by atoms with Crippen molar-refractivity contribution >= 4 is 0 Å². The molecule has 178 valence electrons. The number of para-hydroxylation sites is 1. The van der Waals surface area contributed by atoms with E-state index in [-0.39, 0.29) is 24.9 Å². The monoisotopic (exact) mass is 456 g/mol. The van der Waals surface area contributed by atoms with Gasteiger partial charge in [-0.2, -0.15) is 0 Å². The van der Waals surface area contributed by atoms with E-state index in [0.29, 0.717) is 18.8 Å². The zero-order chi connectivity index (χ0) is 23.2. The van der Waals surface area contributed by atoms with Crippen LogP contribution in [0.3, 0.4) is 0 Å². The largest absolute Gasteiger partial charge is 0.461 e. The fraction of sp³-hybridized carbons (Fsp3) is 0.538. The highest BCUT2D eigenvalue weighted by Crippen LogP contribution is 2.43. The minimum absolute atomic E-state index is 0.108. The van der Waals surface area contributed by atoms with Gasteiger partial charge in [0.1, 0.15) is 24.1 Å². The Kier molecular flexibility index (Phi) is 5.97. The molecule has 0 amide bonds. The van der Waals surface area contributed by atoms with Crippen LogP contribution < -0.4 is 4.74 Å². The van der Waals surface area contributed by atoms with Crippen molar-refractivity contribution in [3.63, 3.8) is 0 Å². The second kappa shape index (κ2) is 8.65. The van der Waals surface area contributed by atoms with Gasteiger partial charge in [-0.05, 0) is 51.3 Å². The number of hydrogen-bond acceptors (Lipinski definition) is 7. The Bertz CT molecular complexity index is 988. The van der Waals surface area contributed by atoms with Gasteiger partial charge in [0.25, 0.3) is 0 Å². The van der Waals surface area contributed by atoms with Gasteiger partial charge in [-0.1, -0.05) is 42.5 Å². The summed E-state index contributed by atoms with van der Waals surface area (Å²) >= 11 is 0. The summed E-state index contributed by atoms with van der Waals surface area (Å²) < 4.78 is 37.3. The zero-order valence-electron chi connectivity index (χ0n) is 19.5. The summed E-state index contributed by atoms with van der Waals surface area (Å²) in [5.41, 5.74) is 3.02. The first-order valence-electron chi connectivity index (χ1n) is 11.5. The summed E-state index contributed by atoms with van der Waals surface area (Å²) in [5, 5.41) is 9.32. The summed E-state index contributed by atoms with van der Waals surface area (Å²) in [6.45, 7) is 8.06. The van der Waals surface area contributed by atoms with E-state index >= 15 is 0 Å². The second-order valence-corrected chi connectivity index (χ2v) is 9.69. The molecule has 0 bridgehead atoms. The molecule has 3 fully saturated rings. The first-order chi connectivity index (χ1) is 15.7. The topological polar surface area (TPSA) is 75.6 Å². The average Bonchev–Trinajstić information content (AvgIpc) is 3.11. The van der Waals surface area contributed by atoms with Gasteiger partial charge < -0.3 is 33.5 Å². The molecule has 0 aromatic heterocycles. The summed E-state index contributed by atoms with van der Waals surface area (Å²) in [5.74, 6) is -0.809. The molecule has 0 spiro atoms. The third-order valence-corrected chi connectivity index (χ3v) is 6.21. The van der Waals surface area contributed by atoms with Crippen LogP contribution in [0, 0.1) is 0 Å². The first-order valence-corrected chi connectivity index (χ1v) is 11.5. The van der Waals surface area contributed by atoms with E-state index in [1.165, 1.54) is 0 Å². The van der Waals surface area contributed by atoms with Gasteiger partial charge in [0.15, 0.2) is 17.7 Å². The van der Waals surface area contributed by atoms with Crippen molar-refractivity contribution in [3.05, 3.63) is 54.1 Å². The summed E-state index contributed by atoms with van der Waals surface area (Å²) in [4.78, 5) is 0. The third-order valence-electron chi connectivity index (χ3n) is 6.21. The fourth-order valence-corrected chi connectivity index (χ4v) is 4.79. The van der Waals surface area contributed by atoms with Gasteiger partial charge in [0, 0.05) is 12.2 Å². The molecule has 5 rings (SSSR count). The van der Waals surface area contributed by atoms with E-state index < -0.39 is 24.0 Å². The van der Waals surface area contributed by atoms with E-state index in [0.717, 1.165) is 16.7 Å². The molecule has 3 aliphatic heterocycles. The van der Waals surface area contributed by atoms with Crippen LogP contribution >= 0.6 is 0 Å². The molecule has 2 aromatic carbocycles. The van der Waals surface area contributed by atoms with Crippen molar-refractivity contribution in [2.75, 3.05) is 13.2 Å².